The molecule has 1 aromatic heterocycles. The minimum Gasteiger partial charge on any atom is -0.330 e. The smallest absolute Gasteiger partial charge is 0.0492 e. The van der Waals surface area contributed by atoms with Crippen LogP contribution in [0.2, 0.25) is 0 Å². The molecule has 3 heteroatoms. The van der Waals surface area contributed by atoms with Crippen molar-refractivity contribution in [3.05, 3.63) is 18.0 Å². The van der Waals surface area contributed by atoms with Crippen molar-refractivity contribution in [2.75, 3.05) is 6.54 Å². The number of nitrogens with two attached hydrogens (primary N) is 1. The Morgan fingerprint density at radius 1 is 1.32 bits per heavy atom. The molecule has 108 valence electrons. The molecule has 0 spiro atoms. The van der Waals surface area contributed by atoms with Gasteiger partial charge in [0.25, 0.3) is 0 Å². The van der Waals surface area contributed by atoms with Gasteiger partial charge in [-0.25, -0.2) is 0 Å². The van der Waals surface area contributed by atoms with E-state index >= 15 is 0 Å². The molecular weight excluding hydrogens is 234 g/mol. The van der Waals surface area contributed by atoms with E-state index in [9.17, 15) is 0 Å². The van der Waals surface area contributed by atoms with E-state index in [2.05, 4.69) is 18.1 Å². The number of hydrogen-bond acceptors (Lipinski definition) is 2. The van der Waals surface area contributed by atoms with Crippen molar-refractivity contribution in [2.45, 2.75) is 51.9 Å². The summed E-state index contributed by atoms with van der Waals surface area (Å²) in [6.07, 6.45) is 11.2. The van der Waals surface area contributed by atoms with Gasteiger partial charge in [0, 0.05) is 18.9 Å². The van der Waals surface area contributed by atoms with E-state index < -0.39 is 0 Å². The molecular formula is C16H29N3. The first-order valence-corrected chi connectivity index (χ1v) is 7.91. The van der Waals surface area contributed by atoms with Crippen LogP contribution in [0.25, 0.3) is 0 Å². The highest BCUT2D eigenvalue weighted by Gasteiger charge is 2.28. The zero-order chi connectivity index (χ0) is 13.7. The zero-order valence-electron chi connectivity index (χ0n) is 12.5. The average Bonchev–Trinajstić information content (AvgIpc) is 2.82. The van der Waals surface area contributed by atoms with Crippen molar-refractivity contribution in [3.63, 3.8) is 0 Å². The fourth-order valence-electron chi connectivity index (χ4n) is 3.74. The van der Waals surface area contributed by atoms with E-state index in [-0.39, 0.29) is 0 Å². The fourth-order valence-corrected chi connectivity index (χ4v) is 3.74. The Balaban J connectivity index is 1.89. The Labute approximate surface area is 117 Å². The first-order valence-electron chi connectivity index (χ1n) is 7.91. The Kier molecular flexibility index (Phi) is 5.44. The summed E-state index contributed by atoms with van der Waals surface area (Å²) in [5.41, 5.74) is 7.33. The third kappa shape index (κ3) is 3.82. The molecule has 19 heavy (non-hydrogen) atoms. The summed E-state index contributed by atoms with van der Waals surface area (Å²) in [4.78, 5) is 0. The predicted molar refractivity (Wildman–Crippen MR) is 79.8 cm³/mol. The van der Waals surface area contributed by atoms with E-state index in [1.54, 1.807) is 0 Å². The van der Waals surface area contributed by atoms with Crippen LogP contribution in [-0.4, -0.2) is 16.3 Å². The van der Waals surface area contributed by atoms with Crippen LogP contribution in [0, 0.1) is 17.8 Å². The highest BCUT2D eigenvalue weighted by molar-refractivity contribution is 5.00. The van der Waals surface area contributed by atoms with Gasteiger partial charge in [-0.1, -0.05) is 26.2 Å². The summed E-state index contributed by atoms with van der Waals surface area (Å²) < 4.78 is 2.00. The van der Waals surface area contributed by atoms with Gasteiger partial charge in [-0.15, -0.1) is 0 Å². The Bertz CT molecular complexity index is 372. The lowest BCUT2D eigenvalue weighted by atomic mass is 9.71. The maximum atomic E-state index is 5.97. The largest absolute Gasteiger partial charge is 0.330 e. The van der Waals surface area contributed by atoms with Crippen LogP contribution >= 0.6 is 0 Å². The molecule has 0 amide bonds. The third-order valence-corrected chi connectivity index (χ3v) is 4.94. The predicted octanol–water partition coefficient (Wildman–Crippen LogP) is 3.14. The summed E-state index contributed by atoms with van der Waals surface area (Å²) in [6, 6.07) is 2.14. The number of hydrogen-bond donors (Lipinski definition) is 1. The molecule has 1 aromatic rings. The minimum atomic E-state index is 0.751. The van der Waals surface area contributed by atoms with Gasteiger partial charge in [-0.2, -0.15) is 5.10 Å². The topological polar surface area (TPSA) is 43.8 Å². The Morgan fingerprint density at radius 2 is 2.16 bits per heavy atom. The second-order valence-corrected chi connectivity index (χ2v) is 6.21. The molecule has 1 aliphatic carbocycles. The molecule has 0 aliphatic heterocycles. The SMILES string of the molecule is CCCC1CCC(CN)C(CCc2ccnn2C)C1. The van der Waals surface area contributed by atoms with Crippen LogP contribution in [0.3, 0.4) is 0 Å². The van der Waals surface area contributed by atoms with Crippen molar-refractivity contribution in [3.8, 4) is 0 Å². The van der Waals surface area contributed by atoms with Crippen LogP contribution in [0.5, 0.6) is 0 Å². The summed E-state index contributed by atoms with van der Waals surface area (Å²) in [6.45, 7) is 3.18. The molecule has 3 nitrogen and oxygen atoms in total. The molecule has 2 N–H and O–H groups in total. The van der Waals surface area contributed by atoms with Crippen molar-refractivity contribution in [1.29, 1.82) is 0 Å². The maximum absolute atomic E-state index is 5.97. The lowest BCUT2D eigenvalue weighted by molar-refractivity contribution is 0.167. The first-order chi connectivity index (χ1) is 9.24. The molecule has 1 fully saturated rings. The molecule has 1 saturated carbocycles. The average molecular weight is 263 g/mol. The van der Waals surface area contributed by atoms with Gasteiger partial charge in [0.15, 0.2) is 0 Å². The summed E-state index contributed by atoms with van der Waals surface area (Å²) >= 11 is 0. The Morgan fingerprint density at radius 3 is 2.79 bits per heavy atom. The molecule has 0 bridgehead atoms. The second kappa shape index (κ2) is 7.09. The van der Waals surface area contributed by atoms with E-state index in [1.165, 1.54) is 44.2 Å². The van der Waals surface area contributed by atoms with Crippen LogP contribution < -0.4 is 5.73 Å². The number of aryl methyl sites for hydroxylation is 2. The van der Waals surface area contributed by atoms with Gasteiger partial charge >= 0.3 is 0 Å². The van der Waals surface area contributed by atoms with Gasteiger partial charge in [0.2, 0.25) is 0 Å². The van der Waals surface area contributed by atoms with Crippen molar-refractivity contribution < 1.29 is 0 Å². The number of rotatable bonds is 6. The standard InChI is InChI=1S/C16H29N3/c1-3-4-13-5-6-15(12-17)14(11-13)7-8-16-9-10-18-19(16)2/h9-10,13-15H,3-8,11-12,17H2,1-2H3. The van der Waals surface area contributed by atoms with Crippen LogP contribution in [0.4, 0.5) is 0 Å². The van der Waals surface area contributed by atoms with E-state index in [1.807, 2.05) is 17.9 Å². The lowest BCUT2D eigenvalue weighted by Crippen LogP contribution is -2.30. The second-order valence-electron chi connectivity index (χ2n) is 6.21. The van der Waals surface area contributed by atoms with Crippen LogP contribution in [-0.2, 0) is 13.5 Å². The van der Waals surface area contributed by atoms with Gasteiger partial charge in [0.05, 0.1) is 0 Å². The highest BCUT2D eigenvalue weighted by atomic mass is 15.2. The third-order valence-electron chi connectivity index (χ3n) is 4.94. The summed E-state index contributed by atoms with van der Waals surface area (Å²) in [5, 5.41) is 4.26. The number of nitrogens with zero attached hydrogens (tertiary/aromatic N) is 2. The van der Waals surface area contributed by atoms with Gasteiger partial charge in [0.1, 0.15) is 0 Å². The maximum Gasteiger partial charge on any atom is 0.0492 e. The number of aromatic nitrogens is 2. The molecule has 0 radical (unpaired) electrons. The van der Waals surface area contributed by atoms with Gasteiger partial charge < -0.3 is 5.73 Å². The molecule has 1 aliphatic rings. The van der Waals surface area contributed by atoms with E-state index in [0.29, 0.717) is 0 Å². The first kappa shape index (κ1) is 14.6. The van der Waals surface area contributed by atoms with Crippen LogP contribution in [0.1, 0.15) is 51.1 Å². The quantitative estimate of drug-likeness (QED) is 0.857. The van der Waals surface area contributed by atoms with E-state index in [4.69, 9.17) is 5.73 Å². The molecule has 1 heterocycles. The molecule has 2 rings (SSSR count). The molecule has 0 aromatic carbocycles. The highest BCUT2D eigenvalue weighted by Crippen LogP contribution is 2.38. The van der Waals surface area contributed by atoms with Gasteiger partial charge in [-0.3, -0.25) is 4.68 Å². The lowest BCUT2D eigenvalue weighted by Gasteiger charge is -2.35. The van der Waals surface area contributed by atoms with Crippen LogP contribution in [0.15, 0.2) is 12.3 Å². The monoisotopic (exact) mass is 263 g/mol. The normalized spacial score (nSPS) is 27.6. The minimum absolute atomic E-state index is 0.751. The van der Waals surface area contributed by atoms with Crippen molar-refractivity contribution in [2.24, 2.45) is 30.5 Å². The molecule has 3 unspecified atom stereocenters. The molecule has 3 atom stereocenters. The van der Waals surface area contributed by atoms with Crippen molar-refractivity contribution in [1.82, 2.24) is 9.78 Å². The van der Waals surface area contributed by atoms with Crippen molar-refractivity contribution >= 4 is 0 Å². The van der Waals surface area contributed by atoms with Gasteiger partial charge in [-0.05, 0) is 56.0 Å². The fraction of sp³-hybridized carbons (Fsp3) is 0.812. The summed E-state index contributed by atoms with van der Waals surface area (Å²) in [7, 11) is 2.04. The Hall–Kier alpha value is -0.830. The molecule has 0 saturated heterocycles. The summed E-state index contributed by atoms with van der Waals surface area (Å²) in [5.74, 6) is 2.52. The van der Waals surface area contributed by atoms with E-state index in [0.717, 1.165) is 30.7 Å². The zero-order valence-corrected chi connectivity index (χ0v) is 12.5.